The van der Waals surface area contributed by atoms with Crippen LogP contribution in [0.2, 0.25) is 5.02 Å². The molecule has 13 heteroatoms. The molecule has 0 spiro atoms. The molecule has 5 rings (SSSR count). The van der Waals surface area contributed by atoms with E-state index in [4.69, 9.17) is 29.6 Å². The lowest BCUT2D eigenvalue weighted by atomic mass is 10.2. The van der Waals surface area contributed by atoms with Crippen LogP contribution in [0.3, 0.4) is 0 Å². The number of benzene rings is 1. The zero-order valence-electron chi connectivity index (χ0n) is 19.7. The maximum Gasteiger partial charge on any atom is 0.419 e. The summed E-state index contributed by atoms with van der Waals surface area (Å²) in [7, 11) is 0. The van der Waals surface area contributed by atoms with Crippen LogP contribution in [0, 0.1) is 0 Å². The molecule has 2 fully saturated rings. The first-order valence-corrected chi connectivity index (χ1v) is 13.1. The maximum absolute atomic E-state index is 13.5. The van der Waals surface area contributed by atoms with Gasteiger partial charge in [0.25, 0.3) is 0 Å². The molecule has 3 aromatic rings. The molecule has 2 aliphatic heterocycles. The second kappa shape index (κ2) is 11.1. The first-order chi connectivity index (χ1) is 17.8. The molecular weight excluding hydrogens is 622 g/mol. The molecule has 196 valence electrons. The largest absolute Gasteiger partial charge is 0.419 e. The average Bonchev–Trinajstić information content (AvgIpc) is 3.37. The van der Waals surface area contributed by atoms with Gasteiger partial charge < -0.3 is 17.8 Å². The highest BCUT2D eigenvalue weighted by Gasteiger charge is 2.36. The average molecular weight is 646 g/mol. The fourth-order valence-electron chi connectivity index (χ4n) is 4.71. The maximum atomic E-state index is 13.5. The number of nitrogens with zero attached hydrogens (tertiary/aromatic N) is 7. The van der Waals surface area contributed by atoms with Crippen LogP contribution in [-0.2, 0) is 9.24 Å². The predicted octanol–water partition coefficient (Wildman–Crippen LogP) is 5.27. The summed E-state index contributed by atoms with van der Waals surface area (Å²) < 4.78 is 46.0. The van der Waals surface area contributed by atoms with Crippen LogP contribution in [-0.4, -0.2) is 65.3 Å². The first kappa shape index (κ1) is 26.2. The van der Waals surface area contributed by atoms with E-state index in [1.807, 2.05) is 40.0 Å². The van der Waals surface area contributed by atoms with Crippen LogP contribution in [0.25, 0.3) is 11.4 Å². The van der Waals surface area contributed by atoms with E-state index in [1.54, 1.807) is 17.0 Å². The van der Waals surface area contributed by atoms with Crippen molar-refractivity contribution in [1.82, 2.24) is 19.9 Å². The van der Waals surface area contributed by atoms with E-state index in [1.165, 1.54) is 12.3 Å². The van der Waals surface area contributed by atoms with Gasteiger partial charge in [0, 0.05) is 49.5 Å². The summed E-state index contributed by atoms with van der Waals surface area (Å²) in [5.41, 5.74) is 0.0342. The molecule has 37 heavy (non-hydrogen) atoms. The topological polar surface area (TPSA) is 70.5 Å². The molecule has 2 aromatic heterocycles. The van der Waals surface area contributed by atoms with Gasteiger partial charge in [0.1, 0.15) is 28.8 Å². The normalized spacial score (nSPS) is 18.5. The molecule has 1 aromatic carbocycles. The zero-order valence-corrected chi connectivity index (χ0v) is 22.6. The monoisotopic (exact) mass is 645 g/mol. The van der Waals surface area contributed by atoms with Crippen LogP contribution in [0.15, 0.2) is 42.6 Å². The Bertz CT molecular complexity index is 1240. The highest BCUT2D eigenvalue weighted by molar-refractivity contribution is 14.1. The van der Waals surface area contributed by atoms with Gasteiger partial charge in [-0.1, -0.05) is 23.7 Å². The van der Waals surface area contributed by atoms with Gasteiger partial charge >= 0.3 is 6.18 Å². The van der Waals surface area contributed by atoms with Crippen molar-refractivity contribution in [2.75, 3.05) is 54.0 Å². The Kier molecular flexibility index (Phi) is 7.86. The summed E-state index contributed by atoms with van der Waals surface area (Å²) in [6.07, 6.45) is -1.11. The van der Waals surface area contributed by atoms with Gasteiger partial charge in [0.05, 0.1) is 18.2 Å². The molecule has 0 amide bonds. The van der Waals surface area contributed by atoms with Crippen LogP contribution in [0.4, 0.5) is 30.9 Å². The number of piperazine rings is 1. The predicted molar refractivity (Wildman–Crippen MR) is 144 cm³/mol. The molecule has 2 aliphatic rings. The summed E-state index contributed by atoms with van der Waals surface area (Å²) in [5, 5.41) is 0.572. The van der Waals surface area contributed by atoms with Gasteiger partial charge in [0.15, 0.2) is 5.82 Å². The first-order valence-electron chi connectivity index (χ1n) is 11.9. The Morgan fingerprint density at radius 1 is 0.973 bits per heavy atom. The van der Waals surface area contributed by atoms with E-state index in [0.29, 0.717) is 55.5 Å². The van der Waals surface area contributed by atoms with Crippen molar-refractivity contribution in [2.45, 2.75) is 25.1 Å². The summed E-state index contributed by atoms with van der Waals surface area (Å²) in [4.78, 5) is 24.1. The fourth-order valence-corrected chi connectivity index (χ4v) is 5.32. The number of alkyl halides is 3. The number of hydrogen-bond donors (Lipinski definition) is 0. The third-order valence-electron chi connectivity index (χ3n) is 6.54. The molecule has 4 heterocycles. The minimum absolute atomic E-state index is 0.0516. The molecule has 2 saturated heterocycles. The lowest BCUT2D eigenvalue weighted by Crippen LogP contribution is -2.48. The Morgan fingerprint density at radius 2 is 1.73 bits per heavy atom. The minimum atomic E-state index is -4.47. The highest BCUT2D eigenvalue weighted by Crippen LogP contribution is 2.36. The van der Waals surface area contributed by atoms with Crippen molar-refractivity contribution < 1.29 is 16.2 Å². The van der Waals surface area contributed by atoms with E-state index < -0.39 is 11.7 Å². The van der Waals surface area contributed by atoms with Crippen molar-refractivity contribution in [2.24, 2.45) is 0 Å². The lowest BCUT2D eigenvalue weighted by molar-refractivity contribution is -0.137. The highest BCUT2D eigenvalue weighted by atomic mass is 127. The Morgan fingerprint density at radius 3 is 2.46 bits per heavy atom. The van der Waals surface area contributed by atoms with Gasteiger partial charge in [0.2, 0.25) is 11.9 Å². The number of aromatic nitrogens is 4. The minimum Gasteiger partial charge on any atom is -0.353 e. The molecular formula is C24H24ClF3IN7O. The van der Waals surface area contributed by atoms with Crippen molar-refractivity contribution in [1.29, 1.82) is 0 Å². The van der Waals surface area contributed by atoms with E-state index in [-0.39, 0.29) is 11.9 Å². The van der Waals surface area contributed by atoms with E-state index in [2.05, 4.69) is 9.88 Å². The molecule has 8 nitrogen and oxygen atoms in total. The molecule has 0 saturated carbocycles. The number of rotatable bonds is 6. The molecule has 1 unspecified atom stereocenters. The summed E-state index contributed by atoms with van der Waals surface area (Å²) in [6, 6.07) is 9.85. The summed E-state index contributed by atoms with van der Waals surface area (Å²) >= 11 is 8.13. The van der Waals surface area contributed by atoms with Crippen LogP contribution < -0.4 is 14.7 Å². The standard InChI is InChI=1S/C24H24ClF3IN7O/c25-17-5-1-4-16(14-17)20-31-22(33-23(32-20)36-9-3-6-18(36)15-37-29)35-12-10-34(11-13-35)21-19(24(26,27)28)7-2-8-30-21/h1-2,4-5,7-8,14,18H,3,6,9-13,15H2. The van der Waals surface area contributed by atoms with Gasteiger partial charge in [-0.05, 0) is 37.1 Å². The lowest BCUT2D eigenvalue weighted by Gasteiger charge is -2.36. The summed E-state index contributed by atoms with van der Waals surface area (Å²) in [6.45, 7) is 2.93. The molecule has 0 aliphatic carbocycles. The second-order valence-corrected chi connectivity index (χ2v) is 9.94. The molecule has 0 bridgehead atoms. The SMILES string of the molecule is FC(F)(F)c1cccnc1N1CCN(c2nc(-c3cccc(Cl)c3)nc(N3CCCC3COI)n2)CC1. The van der Waals surface area contributed by atoms with Crippen LogP contribution in [0.5, 0.6) is 0 Å². The number of pyridine rings is 1. The van der Waals surface area contributed by atoms with Crippen molar-refractivity contribution >= 4 is 52.3 Å². The third kappa shape index (κ3) is 5.85. The molecule has 0 radical (unpaired) electrons. The summed E-state index contributed by atoms with van der Waals surface area (Å²) in [5.74, 6) is 1.49. The Labute approximate surface area is 231 Å². The van der Waals surface area contributed by atoms with Crippen LogP contribution in [0.1, 0.15) is 18.4 Å². The fraction of sp³-hybridized carbons (Fsp3) is 0.417. The van der Waals surface area contributed by atoms with Gasteiger partial charge in [-0.3, -0.25) is 0 Å². The number of halogens is 5. The zero-order chi connectivity index (χ0) is 26.0. The second-order valence-electron chi connectivity index (χ2n) is 8.88. The van der Waals surface area contributed by atoms with E-state index in [9.17, 15) is 13.2 Å². The number of anilines is 3. The third-order valence-corrected chi connectivity index (χ3v) is 7.13. The molecule has 0 N–H and O–H groups in total. The van der Waals surface area contributed by atoms with Crippen molar-refractivity contribution in [3.8, 4) is 11.4 Å². The van der Waals surface area contributed by atoms with Gasteiger partial charge in [-0.25, -0.2) is 4.98 Å². The van der Waals surface area contributed by atoms with E-state index in [0.717, 1.165) is 31.0 Å². The van der Waals surface area contributed by atoms with Crippen LogP contribution >= 0.6 is 34.6 Å². The Hall–Kier alpha value is -2.45. The van der Waals surface area contributed by atoms with Gasteiger partial charge in [-0.15, -0.1) is 0 Å². The smallest absolute Gasteiger partial charge is 0.353 e. The quantitative estimate of drug-likeness (QED) is 0.336. The Balaban J connectivity index is 1.43. The van der Waals surface area contributed by atoms with Crippen molar-refractivity contribution in [3.05, 3.63) is 53.2 Å². The van der Waals surface area contributed by atoms with E-state index >= 15 is 0 Å². The number of hydrogen-bond acceptors (Lipinski definition) is 8. The van der Waals surface area contributed by atoms with Crippen molar-refractivity contribution in [3.63, 3.8) is 0 Å². The molecule has 1 atom stereocenters. The van der Waals surface area contributed by atoms with Gasteiger partial charge in [-0.2, -0.15) is 28.1 Å².